The molecule has 127 valence electrons. The van der Waals surface area contributed by atoms with Gasteiger partial charge in [-0.25, -0.2) is 8.78 Å². The number of nitrogens with zero attached hydrogens (tertiary/aromatic N) is 2. The maximum atomic E-state index is 14.3. The summed E-state index contributed by atoms with van der Waals surface area (Å²) in [5.41, 5.74) is 1.39. The van der Waals surface area contributed by atoms with Gasteiger partial charge in [0.1, 0.15) is 11.5 Å². The summed E-state index contributed by atoms with van der Waals surface area (Å²) >= 11 is 0. The summed E-state index contributed by atoms with van der Waals surface area (Å²) in [6, 6.07) is 17.4. The van der Waals surface area contributed by atoms with Crippen molar-refractivity contribution in [1.29, 1.82) is 0 Å². The molecule has 0 atom stereocenters. The molecule has 0 saturated carbocycles. The Morgan fingerprint density at radius 2 is 1.58 bits per heavy atom. The van der Waals surface area contributed by atoms with Gasteiger partial charge in [-0.05, 0) is 30.7 Å². The first-order valence-corrected chi connectivity index (χ1v) is 7.95. The summed E-state index contributed by atoms with van der Waals surface area (Å²) in [6.45, 7) is 4.01. The second kappa shape index (κ2) is 6.19. The van der Waals surface area contributed by atoms with E-state index in [2.05, 4.69) is 12.0 Å². The van der Waals surface area contributed by atoms with Crippen molar-refractivity contribution in [2.24, 2.45) is 0 Å². The maximum absolute atomic E-state index is 14.3. The molecule has 1 aromatic heterocycles. The van der Waals surface area contributed by atoms with Crippen LogP contribution in [0.1, 0.15) is 5.56 Å². The highest BCUT2D eigenvalue weighted by atomic mass is 19.1. The van der Waals surface area contributed by atoms with Crippen molar-refractivity contribution < 1.29 is 8.78 Å². The maximum Gasteiger partial charge on any atom is 0.279 e. The molecule has 4 aromatic rings. The van der Waals surface area contributed by atoms with E-state index in [1.165, 1.54) is 6.07 Å². The first-order chi connectivity index (χ1) is 12.6. The van der Waals surface area contributed by atoms with Gasteiger partial charge in [-0.15, -0.1) is 0 Å². The first kappa shape index (κ1) is 16.1. The Labute approximate surface area is 148 Å². The van der Waals surface area contributed by atoms with E-state index in [9.17, 15) is 13.6 Å². The minimum atomic E-state index is -0.858. The molecule has 0 saturated heterocycles. The van der Waals surface area contributed by atoms with E-state index in [4.69, 9.17) is 0 Å². The Morgan fingerprint density at radius 1 is 0.885 bits per heavy atom. The van der Waals surface area contributed by atoms with Crippen LogP contribution in [0.5, 0.6) is 0 Å². The standard InChI is InChI=1S/C21H13F2N2O/c1-13-6-2-3-7-15(13)20-16-8-4-5-9-17(16)21(26)25(24-20)19-11-10-14(22)12-18(19)23/h2-12H,1H2. The van der Waals surface area contributed by atoms with Crippen molar-refractivity contribution in [1.82, 2.24) is 9.78 Å². The number of halogens is 2. The number of hydrogen-bond donors (Lipinski definition) is 0. The van der Waals surface area contributed by atoms with Crippen molar-refractivity contribution in [3.63, 3.8) is 0 Å². The minimum Gasteiger partial charge on any atom is -0.267 e. The largest absolute Gasteiger partial charge is 0.279 e. The highest BCUT2D eigenvalue weighted by Gasteiger charge is 2.16. The lowest BCUT2D eigenvalue weighted by atomic mass is 10.0. The molecule has 26 heavy (non-hydrogen) atoms. The van der Waals surface area contributed by atoms with E-state index in [1.54, 1.807) is 18.2 Å². The van der Waals surface area contributed by atoms with Gasteiger partial charge in [-0.2, -0.15) is 9.78 Å². The van der Waals surface area contributed by atoms with Gasteiger partial charge in [0.15, 0.2) is 5.82 Å². The molecule has 0 aliphatic carbocycles. The lowest BCUT2D eigenvalue weighted by molar-refractivity contribution is 0.571. The minimum absolute atomic E-state index is 0.107. The summed E-state index contributed by atoms with van der Waals surface area (Å²) in [4.78, 5) is 12.9. The van der Waals surface area contributed by atoms with Crippen LogP contribution in [0.15, 0.2) is 71.5 Å². The molecule has 0 aliphatic heterocycles. The SMILES string of the molecule is [CH2]c1ccccc1-c1nn(-c2ccc(F)cc2F)c(=O)c2ccccc12. The molecule has 4 rings (SSSR count). The van der Waals surface area contributed by atoms with Gasteiger partial charge < -0.3 is 0 Å². The monoisotopic (exact) mass is 347 g/mol. The number of fused-ring (bicyclic) bond motifs is 1. The van der Waals surface area contributed by atoms with Crippen LogP contribution in [0.2, 0.25) is 0 Å². The summed E-state index contributed by atoms with van der Waals surface area (Å²) in [5, 5.41) is 5.43. The zero-order valence-corrected chi connectivity index (χ0v) is 13.6. The van der Waals surface area contributed by atoms with Gasteiger partial charge in [0.25, 0.3) is 5.56 Å². The van der Waals surface area contributed by atoms with E-state index in [1.807, 2.05) is 30.3 Å². The Hall–Kier alpha value is -3.34. The molecule has 0 spiro atoms. The molecule has 0 aliphatic rings. The van der Waals surface area contributed by atoms with Gasteiger partial charge >= 0.3 is 0 Å². The van der Waals surface area contributed by atoms with Gasteiger partial charge in [-0.3, -0.25) is 4.79 Å². The van der Waals surface area contributed by atoms with Crippen LogP contribution in [0.25, 0.3) is 27.7 Å². The molecular weight excluding hydrogens is 334 g/mol. The topological polar surface area (TPSA) is 34.9 Å². The fraction of sp³-hybridized carbons (Fsp3) is 0. The second-order valence-corrected chi connectivity index (χ2v) is 5.86. The van der Waals surface area contributed by atoms with Crippen LogP contribution in [0, 0.1) is 18.6 Å². The van der Waals surface area contributed by atoms with Crippen LogP contribution in [0.3, 0.4) is 0 Å². The number of aromatic nitrogens is 2. The molecule has 0 unspecified atom stereocenters. The lowest BCUT2D eigenvalue weighted by Crippen LogP contribution is -2.23. The number of hydrogen-bond acceptors (Lipinski definition) is 2. The van der Waals surface area contributed by atoms with E-state index < -0.39 is 17.2 Å². The molecule has 0 fully saturated rings. The van der Waals surface area contributed by atoms with Crippen LogP contribution in [-0.4, -0.2) is 9.78 Å². The third-order valence-electron chi connectivity index (χ3n) is 4.22. The van der Waals surface area contributed by atoms with E-state index in [0.717, 1.165) is 27.9 Å². The molecule has 3 aromatic carbocycles. The Balaban J connectivity index is 2.12. The highest BCUT2D eigenvalue weighted by Crippen LogP contribution is 2.28. The fourth-order valence-corrected chi connectivity index (χ4v) is 2.96. The van der Waals surface area contributed by atoms with Crippen LogP contribution in [0.4, 0.5) is 8.78 Å². The summed E-state index contributed by atoms with van der Waals surface area (Å²) in [6.07, 6.45) is 0. The molecule has 1 radical (unpaired) electrons. The van der Waals surface area contributed by atoms with Crippen molar-refractivity contribution in [3.8, 4) is 16.9 Å². The molecular formula is C21H13F2N2O. The van der Waals surface area contributed by atoms with Gasteiger partial charge in [0.05, 0.1) is 11.1 Å². The summed E-state index contributed by atoms with van der Waals surface area (Å²) < 4.78 is 28.5. The Kier molecular flexibility index (Phi) is 3.84. The van der Waals surface area contributed by atoms with Crippen molar-refractivity contribution in [2.75, 3.05) is 0 Å². The van der Waals surface area contributed by atoms with Crippen molar-refractivity contribution in [3.05, 3.63) is 101 Å². The fourth-order valence-electron chi connectivity index (χ4n) is 2.96. The third-order valence-corrected chi connectivity index (χ3v) is 4.22. The van der Waals surface area contributed by atoms with Crippen LogP contribution < -0.4 is 5.56 Å². The smallest absolute Gasteiger partial charge is 0.267 e. The zero-order valence-electron chi connectivity index (χ0n) is 13.6. The van der Waals surface area contributed by atoms with E-state index >= 15 is 0 Å². The number of rotatable bonds is 2. The Morgan fingerprint density at radius 3 is 2.31 bits per heavy atom. The lowest BCUT2D eigenvalue weighted by Gasteiger charge is -2.13. The molecule has 3 nitrogen and oxygen atoms in total. The van der Waals surface area contributed by atoms with Crippen LogP contribution >= 0.6 is 0 Å². The first-order valence-electron chi connectivity index (χ1n) is 7.95. The number of benzene rings is 3. The molecule has 1 heterocycles. The van der Waals surface area contributed by atoms with E-state index in [-0.39, 0.29) is 5.69 Å². The zero-order chi connectivity index (χ0) is 18.3. The summed E-state index contributed by atoms with van der Waals surface area (Å²) in [7, 11) is 0. The molecule has 0 amide bonds. The average Bonchev–Trinajstić information content (AvgIpc) is 2.64. The predicted molar refractivity (Wildman–Crippen MR) is 97.2 cm³/mol. The predicted octanol–water partition coefficient (Wildman–Crippen LogP) is 4.51. The van der Waals surface area contributed by atoms with Crippen molar-refractivity contribution >= 4 is 10.8 Å². The molecule has 0 bridgehead atoms. The average molecular weight is 347 g/mol. The van der Waals surface area contributed by atoms with Crippen molar-refractivity contribution in [2.45, 2.75) is 0 Å². The third kappa shape index (κ3) is 2.58. The highest BCUT2D eigenvalue weighted by molar-refractivity contribution is 5.94. The summed E-state index contributed by atoms with van der Waals surface area (Å²) in [5.74, 6) is -1.58. The van der Waals surface area contributed by atoms with E-state index in [0.29, 0.717) is 16.5 Å². The normalized spacial score (nSPS) is 11.0. The van der Waals surface area contributed by atoms with Gasteiger partial charge in [-0.1, -0.05) is 42.5 Å². The van der Waals surface area contributed by atoms with Gasteiger partial charge in [0.2, 0.25) is 0 Å². The van der Waals surface area contributed by atoms with Gasteiger partial charge in [0, 0.05) is 17.0 Å². The molecule has 0 N–H and O–H groups in total. The quantitative estimate of drug-likeness (QED) is 0.535. The second-order valence-electron chi connectivity index (χ2n) is 5.86. The van der Waals surface area contributed by atoms with Crippen LogP contribution in [-0.2, 0) is 0 Å². The molecule has 5 heteroatoms. The Bertz CT molecular complexity index is 1200.